The highest BCUT2D eigenvalue weighted by Gasteiger charge is 1.88. The second-order valence-corrected chi connectivity index (χ2v) is 2.65. The maximum atomic E-state index is 5.26. The number of ether oxygens (including phenoxy) is 2. The van der Waals surface area contributed by atoms with Gasteiger partial charge in [-0.25, -0.2) is 0 Å². The van der Waals surface area contributed by atoms with E-state index in [0.717, 1.165) is 18.7 Å². The predicted octanol–water partition coefficient (Wildman–Crippen LogP) is 1.16. The number of hydrogen-bond donors (Lipinski definition) is 1. The van der Waals surface area contributed by atoms with Crippen molar-refractivity contribution in [3.05, 3.63) is 12.2 Å². The summed E-state index contributed by atoms with van der Waals surface area (Å²) in [6.45, 7) is 11.2. The van der Waals surface area contributed by atoms with Gasteiger partial charge in [-0.05, 0) is 13.8 Å². The van der Waals surface area contributed by atoms with Gasteiger partial charge in [0.25, 0.3) is 0 Å². The lowest BCUT2D eigenvalue weighted by molar-refractivity contribution is 0.110. The van der Waals surface area contributed by atoms with Crippen molar-refractivity contribution in [1.29, 1.82) is 0 Å². The van der Waals surface area contributed by atoms with Crippen LogP contribution in [-0.2, 0) is 9.47 Å². The van der Waals surface area contributed by atoms with E-state index in [1.54, 1.807) is 0 Å². The maximum Gasteiger partial charge on any atom is 0.0965 e. The normalized spacial score (nSPS) is 10.2. The molecule has 0 aromatic rings. The van der Waals surface area contributed by atoms with Gasteiger partial charge in [-0.2, -0.15) is 0 Å². The van der Waals surface area contributed by atoms with Gasteiger partial charge in [-0.3, -0.25) is 5.32 Å². The molecule has 0 aromatic heterocycles. The third kappa shape index (κ3) is 9.62. The van der Waals surface area contributed by atoms with Crippen LogP contribution < -0.4 is 5.32 Å². The Hall–Kier alpha value is -0.380. The number of rotatable bonds is 8. The first-order valence-electron chi connectivity index (χ1n) is 4.28. The third-order valence-corrected chi connectivity index (χ3v) is 1.18. The molecule has 0 spiro atoms. The Labute approximate surface area is 74.7 Å². The molecular weight excluding hydrogens is 154 g/mol. The molecule has 0 amide bonds. The Morgan fingerprint density at radius 3 is 2.75 bits per heavy atom. The first-order valence-corrected chi connectivity index (χ1v) is 4.28. The van der Waals surface area contributed by atoms with Gasteiger partial charge in [0.05, 0.1) is 19.9 Å². The van der Waals surface area contributed by atoms with Crippen LogP contribution in [-0.4, -0.2) is 33.1 Å². The molecule has 0 aliphatic heterocycles. The lowest BCUT2D eigenvalue weighted by Gasteiger charge is -2.05. The standard InChI is InChI=1S/C9H19NO2/c1-4-11-8-10-5-6-12-7-9(2)3/h10H,2,4-8H2,1,3H3. The van der Waals surface area contributed by atoms with Crippen LogP contribution in [0.3, 0.4) is 0 Å². The molecule has 0 aromatic carbocycles. The van der Waals surface area contributed by atoms with Gasteiger partial charge in [0.15, 0.2) is 0 Å². The zero-order chi connectivity index (χ0) is 9.23. The predicted molar refractivity (Wildman–Crippen MR) is 50.1 cm³/mol. The van der Waals surface area contributed by atoms with Crippen LogP contribution in [0.2, 0.25) is 0 Å². The van der Waals surface area contributed by atoms with E-state index in [4.69, 9.17) is 9.47 Å². The van der Waals surface area contributed by atoms with Crippen molar-refractivity contribution >= 4 is 0 Å². The second kappa shape index (κ2) is 8.71. The largest absolute Gasteiger partial charge is 0.376 e. The Morgan fingerprint density at radius 1 is 1.42 bits per heavy atom. The molecule has 0 atom stereocenters. The van der Waals surface area contributed by atoms with Crippen molar-refractivity contribution in [2.75, 3.05) is 33.1 Å². The summed E-state index contributed by atoms with van der Waals surface area (Å²) in [6, 6.07) is 0. The molecule has 0 aliphatic carbocycles. The van der Waals surface area contributed by atoms with Crippen molar-refractivity contribution in [2.24, 2.45) is 0 Å². The monoisotopic (exact) mass is 173 g/mol. The van der Waals surface area contributed by atoms with Crippen molar-refractivity contribution in [3.8, 4) is 0 Å². The van der Waals surface area contributed by atoms with Crippen molar-refractivity contribution in [2.45, 2.75) is 13.8 Å². The SMILES string of the molecule is C=C(C)COCCNCOCC. The van der Waals surface area contributed by atoms with E-state index in [0.29, 0.717) is 19.9 Å². The van der Waals surface area contributed by atoms with Crippen molar-refractivity contribution in [3.63, 3.8) is 0 Å². The Balaban J connectivity index is 2.86. The van der Waals surface area contributed by atoms with Crippen LogP contribution in [0.4, 0.5) is 0 Å². The van der Waals surface area contributed by atoms with Gasteiger partial charge in [0.1, 0.15) is 0 Å². The smallest absolute Gasteiger partial charge is 0.0965 e. The van der Waals surface area contributed by atoms with Gasteiger partial charge in [-0.1, -0.05) is 12.2 Å². The molecule has 3 nitrogen and oxygen atoms in total. The van der Waals surface area contributed by atoms with Crippen LogP contribution in [0.1, 0.15) is 13.8 Å². The minimum absolute atomic E-state index is 0.604. The highest BCUT2D eigenvalue weighted by atomic mass is 16.5. The van der Waals surface area contributed by atoms with E-state index in [2.05, 4.69) is 11.9 Å². The van der Waals surface area contributed by atoms with Crippen LogP contribution in [0.15, 0.2) is 12.2 Å². The summed E-state index contributed by atoms with van der Waals surface area (Å²) in [7, 11) is 0. The lowest BCUT2D eigenvalue weighted by atomic mass is 10.4. The molecule has 0 bridgehead atoms. The number of hydrogen-bond acceptors (Lipinski definition) is 3. The van der Waals surface area contributed by atoms with Crippen LogP contribution in [0, 0.1) is 0 Å². The molecule has 0 saturated heterocycles. The van der Waals surface area contributed by atoms with E-state index in [1.807, 2.05) is 13.8 Å². The highest BCUT2D eigenvalue weighted by Crippen LogP contribution is 1.86. The maximum absolute atomic E-state index is 5.26. The average Bonchev–Trinajstić information content (AvgIpc) is 2.02. The van der Waals surface area contributed by atoms with E-state index < -0.39 is 0 Å². The Bertz CT molecular complexity index is 115. The molecule has 0 heterocycles. The Kier molecular flexibility index (Phi) is 8.44. The lowest BCUT2D eigenvalue weighted by Crippen LogP contribution is -2.22. The second-order valence-electron chi connectivity index (χ2n) is 2.65. The molecule has 0 radical (unpaired) electrons. The summed E-state index contributed by atoms with van der Waals surface area (Å²) in [5, 5.41) is 3.08. The Morgan fingerprint density at radius 2 is 2.17 bits per heavy atom. The molecule has 0 aliphatic rings. The fraction of sp³-hybridized carbons (Fsp3) is 0.778. The fourth-order valence-corrected chi connectivity index (χ4v) is 0.637. The zero-order valence-electron chi connectivity index (χ0n) is 8.06. The molecule has 3 heteroatoms. The van der Waals surface area contributed by atoms with Crippen LogP contribution in [0.25, 0.3) is 0 Å². The van der Waals surface area contributed by atoms with E-state index in [9.17, 15) is 0 Å². The molecule has 1 N–H and O–H groups in total. The first-order chi connectivity index (χ1) is 5.77. The van der Waals surface area contributed by atoms with Crippen LogP contribution in [0.5, 0.6) is 0 Å². The summed E-state index contributed by atoms with van der Waals surface area (Å²) in [5.41, 5.74) is 1.06. The minimum Gasteiger partial charge on any atom is -0.376 e. The summed E-state index contributed by atoms with van der Waals surface area (Å²) >= 11 is 0. The zero-order valence-corrected chi connectivity index (χ0v) is 8.06. The van der Waals surface area contributed by atoms with E-state index >= 15 is 0 Å². The van der Waals surface area contributed by atoms with Gasteiger partial charge in [0.2, 0.25) is 0 Å². The van der Waals surface area contributed by atoms with Gasteiger partial charge >= 0.3 is 0 Å². The third-order valence-electron chi connectivity index (χ3n) is 1.18. The van der Waals surface area contributed by atoms with Crippen molar-refractivity contribution in [1.82, 2.24) is 5.32 Å². The summed E-state index contributed by atoms with van der Waals surface area (Å²) in [6.07, 6.45) is 0. The molecule has 12 heavy (non-hydrogen) atoms. The minimum atomic E-state index is 0.604. The van der Waals surface area contributed by atoms with Crippen molar-refractivity contribution < 1.29 is 9.47 Å². The molecule has 0 saturated carbocycles. The fourth-order valence-electron chi connectivity index (χ4n) is 0.637. The summed E-state index contributed by atoms with van der Waals surface area (Å²) < 4.78 is 10.3. The summed E-state index contributed by atoms with van der Waals surface area (Å²) in [5.74, 6) is 0. The molecular formula is C9H19NO2. The van der Waals surface area contributed by atoms with Gasteiger partial charge < -0.3 is 9.47 Å². The van der Waals surface area contributed by atoms with Gasteiger partial charge in [-0.15, -0.1) is 0 Å². The quantitative estimate of drug-likeness (QED) is 0.339. The molecule has 0 rings (SSSR count). The van der Waals surface area contributed by atoms with Gasteiger partial charge in [0, 0.05) is 13.2 Å². The highest BCUT2D eigenvalue weighted by molar-refractivity contribution is 4.87. The summed E-state index contributed by atoms with van der Waals surface area (Å²) in [4.78, 5) is 0. The average molecular weight is 173 g/mol. The first kappa shape index (κ1) is 11.6. The molecule has 0 fully saturated rings. The molecule has 0 unspecified atom stereocenters. The van der Waals surface area contributed by atoms with E-state index in [-0.39, 0.29) is 0 Å². The van der Waals surface area contributed by atoms with Crippen LogP contribution >= 0.6 is 0 Å². The van der Waals surface area contributed by atoms with E-state index in [1.165, 1.54) is 0 Å². The molecule has 72 valence electrons. The topological polar surface area (TPSA) is 30.5 Å². The number of nitrogens with one attached hydrogen (secondary N) is 1.